The van der Waals surface area contributed by atoms with Crippen LogP contribution in [-0.2, 0) is 0 Å². The Morgan fingerprint density at radius 1 is 1.19 bits per heavy atom. The lowest BCUT2D eigenvalue weighted by molar-refractivity contribution is 0.355. The predicted molar refractivity (Wildman–Crippen MR) is 65.8 cm³/mol. The maximum atomic E-state index is 6.16. The number of ether oxygens (including phenoxy) is 2. The normalized spacial score (nSPS) is 15.4. The first-order chi connectivity index (χ1) is 7.74. The van der Waals surface area contributed by atoms with E-state index in [9.17, 15) is 0 Å². The zero-order valence-corrected chi connectivity index (χ0v) is 10.3. The van der Waals surface area contributed by atoms with E-state index in [1.165, 1.54) is 19.3 Å². The van der Waals surface area contributed by atoms with Crippen molar-refractivity contribution in [3.63, 3.8) is 0 Å². The van der Waals surface area contributed by atoms with E-state index in [0.717, 1.165) is 5.69 Å². The minimum absolute atomic E-state index is 0.551. The second-order valence-electron chi connectivity index (χ2n) is 3.96. The van der Waals surface area contributed by atoms with Gasteiger partial charge < -0.3 is 14.8 Å². The minimum atomic E-state index is 0.551. The molecule has 0 atom stereocenters. The summed E-state index contributed by atoms with van der Waals surface area (Å²) in [6, 6.07) is 4.22. The lowest BCUT2D eigenvalue weighted by Crippen LogP contribution is -2.27. The minimum Gasteiger partial charge on any atom is -0.493 e. The molecule has 88 valence electrons. The summed E-state index contributed by atoms with van der Waals surface area (Å²) in [5, 5.41) is 4.08. The summed E-state index contributed by atoms with van der Waals surface area (Å²) >= 11 is 6.16. The Bertz CT molecular complexity index is 378. The van der Waals surface area contributed by atoms with Crippen LogP contribution in [0.25, 0.3) is 0 Å². The molecular weight excluding hydrogens is 226 g/mol. The van der Waals surface area contributed by atoms with Gasteiger partial charge in [-0.15, -0.1) is 0 Å². The first-order valence-corrected chi connectivity index (χ1v) is 5.80. The van der Waals surface area contributed by atoms with Crippen LogP contribution in [-0.4, -0.2) is 20.3 Å². The van der Waals surface area contributed by atoms with E-state index in [2.05, 4.69) is 5.32 Å². The second-order valence-corrected chi connectivity index (χ2v) is 4.37. The molecule has 0 heterocycles. The molecule has 1 aliphatic carbocycles. The molecule has 0 spiro atoms. The number of benzene rings is 1. The lowest BCUT2D eigenvalue weighted by Gasteiger charge is -2.28. The smallest absolute Gasteiger partial charge is 0.162 e. The van der Waals surface area contributed by atoms with Crippen molar-refractivity contribution in [2.24, 2.45) is 0 Å². The average molecular weight is 242 g/mol. The fourth-order valence-corrected chi connectivity index (χ4v) is 1.95. The summed E-state index contributed by atoms with van der Waals surface area (Å²) in [5.41, 5.74) is 0.920. The van der Waals surface area contributed by atoms with Gasteiger partial charge in [0.2, 0.25) is 0 Å². The fourth-order valence-electron chi connectivity index (χ4n) is 1.74. The molecule has 4 heteroatoms. The van der Waals surface area contributed by atoms with Crippen molar-refractivity contribution in [3.8, 4) is 11.5 Å². The van der Waals surface area contributed by atoms with Gasteiger partial charge in [-0.3, -0.25) is 0 Å². The molecule has 1 N–H and O–H groups in total. The van der Waals surface area contributed by atoms with Gasteiger partial charge in [0.1, 0.15) is 0 Å². The van der Waals surface area contributed by atoms with Crippen molar-refractivity contribution in [2.45, 2.75) is 25.3 Å². The molecule has 1 aromatic carbocycles. The van der Waals surface area contributed by atoms with Gasteiger partial charge in [0.05, 0.1) is 24.9 Å². The molecule has 2 rings (SSSR count). The predicted octanol–water partition coefficient (Wildman–Crippen LogP) is 3.32. The molecule has 1 aromatic rings. The summed E-state index contributed by atoms with van der Waals surface area (Å²) in [4.78, 5) is 0. The zero-order valence-electron chi connectivity index (χ0n) is 9.55. The Balaban J connectivity index is 2.22. The van der Waals surface area contributed by atoms with Crippen LogP contribution in [0.2, 0.25) is 5.02 Å². The van der Waals surface area contributed by atoms with E-state index in [-0.39, 0.29) is 0 Å². The Labute approximate surface area is 101 Å². The third kappa shape index (κ3) is 2.19. The number of rotatable bonds is 4. The van der Waals surface area contributed by atoms with Gasteiger partial charge in [-0.1, -0.05) is 11.6 Å². The molecule has 0 aliphatic heterocycles. The van der Waals surface area contributed by atoms with Crippen LogP contribution in [0.1, 0.15) is 19.3 Å². The van der Waals surface area contributed by atoms with Gasteiger partial charge >= 0.3 is 0 Å². The standard InChI is InChI=1S/C12H16ClNO2/c1-15-11-6-9(13)10(7-12(11)16-2)14-8-4-3-5-8/h6-8,14H,3-5H2,1-2H3. The third-order valence-corrected chi connectivity index (χ3v) is 3.25. The Morgan fingerprint density at radius 3 is 2.31 bits per heavy atom. The molecule has 1 aliphatic rings. The van der Waals surface area contributed by atoms with Gasteiger partial charge in [0, 0.05) is 18.2 Å². The van der Waals surface area contributed by atoms with Crippen molar-refractivity contribution in [1.82, 2.24) is 0 Å². The van der Waals surface area contributed by atoms with Crippen LogP contribution >= 0.6 is 11.6 Å². The first kappa shape index (κ1) is 11.4. The quantitative estimate of drug-likeness (QED) is 0.877. The van der Waals surface area contributed by atoms with E-state index >= 15 is 0 Å². The van der Waals surface area contributed by atoms with Crippen LogP contribution in [0.5, 0.6) is 11.5 Å². The average Bonchev–Trinajstić information content (AvgIpc) is 2.24. The molecule has 0 aromatic heterocycles. The highest BCUT2D eigenvalue weighted by molar-refractivity contribution is 6.33. The zero-order chi connectivity index (χ0) is 11.5. The molecule has 0 bridgehead atoms. The summed E-state index contributed by atoms with van der Waals surface area (Å²) in [5.74, 6) is 1.36. The molecule has 0 radical (unpaired) electrons. The number of hydrogen-bond acceptors (Lipinski definition) is 3. The SMILES string of the molecule is COc1cc(Cl)c(NC2CCC2)cc1OC. The maximum absolute atomic E-state index is 6.16. The summed E-state index contributed by atoms with van der Waals surface area (Å²) in [7, 11) is 3.23. The van der Waals surface area contributed by atoms with Gasteiger partial charge in [-0.05, 0) is 19.3 Å². The molecule has 0 unspecified atom stereocenters. The molecule has 1 fully saturated rings. The molecule has 3 nitrogen and oxygen atoms in total. The van der Waals surface area contributed by atoms with Gasteiger partial charge in [0.15, 0.2) is 11.5 Å². The van der Waals surface area contributed by atoms with E-state index in [1.54, 1.807) is 20.3 Å². The Kier molecular flexibility index (Phi) is 3.44. The summed E-state index contributed by atoms with van der Waals surface area (Å²) < 4.78 is 10.4. The van der Waals surface area contributed by atoms with Crippen molar-refractivity contribution in [3.05, 3.63) is 17.2 Å². The Morgan fingerprint density at radius 2 is 1.81 bits per heavy atom. The largest absolute Gasteiger partial charge is 0.493 e. The Hall–Kier alpha value is -1.09. The number of anilines is 1. The van der Waals surface area contributed by atoms with Crippen LogP contribution in [0.4, 0.5) is 5.69 Å². The molecule has 0 saturated heterocycles. The van der Waals surface area contributed by atoms with E-state index < -0.39 is 0 Å². The van der Waals surface area contributed by atoms with Crippen LogP contribution in [0, 0.1) is 0 Å². The van der Waals surface area contributed by atoms with Crippen molar-refractivity contribution in [1.29, 1.82) is 0 Å². The molecule has 0 amide bonds. The lowest BCUT2D eigenvalue weighted by atomic mass is 9.93. The van der Waals surface area contributed by atoms with Crippen molar-refractivity contribution in [2.75, 3.05) is 19.5 Å². The van der Waals surface area contributed by atoms with Gasteiger partial charge in [-0.2, -0.15) is 0 Å². The first-order valence-electron chi connectivity index (χ1n) is 5.42. The number of methoxy groups -OCH3 is 2. The third-order valence-electron chi connectivity index (χ3n) is 2.94. The van der Waals surface area contributed by atoms with E-state index in [4.69, 9.17) is 21.1 Å². The highest BCUT2D eigenvalue weighted by Crippen LogP contribution is 2.37. The summed E-state index contributed by atoms with van der Waals surface area (Å²) in [6.07, 6.45) is 3.72. The number of nitrogens with one attached hydrogen (secondary N) is 1. The van der Waals surface area contributed by atoms with E-state index in [0.29, 0.717) is 22.6 Å². The second kappa shape index (κ2) is 4.83. The molecule has 1 saturated carbocycles. The molecule has 16 heavy (non-hydrogen) atoms. The van der Waals surface area contributed by atoms with E-state index in [1.807, 2.05) is 6.07 Å². The topological polar surface area (TPSA) is 30.5 Å². The van der Waals surface area contributed by atoms with Gasteiger partial charge in [-0.25, -0.2) is 0 Å². The van der Waals surface area contributed by atoms with Crippen LogP contribution in [0.3, 0.4) is 0 Å². The van der Waals surface area contributed by atoms with Crippen molar-refractivity contribution < 1.29 is 9.47 Å². The number of hydrogen-bond donors (Lipinski definition) is 1. The molecular formula is C12H16ClNO2. The fraction of sp³-hybridized carbons (Fsp3) is 0.500. The van der Waals surface area contributed by atoms with Gasteiger partial charge in [0.25, 0.3) is 0 Å². The van der Waals surface area contributed by atoms with Crippen LogP contribution < -0.4 is 14.8 Å². The highest BCUT2D eigenvalue weighted by Gasteiger charge is 2.19. The maximum Gasteiger partial charge on any atom is 0.162 e. The summed E-state index contributed by atoms with van der Waals surface area (Å²) in [6.45, 7) is 0. The highest BCUT2D eigenvalue weighted by atomic mass is 35.5. The van der Waals surface area contributed by atoms with Crippen LogP contribution in [0.15, 0.2) is 12.1 Å². The number of halogens is 1. The monoisotopic (exact) mass is 241 g/mol. The van der Waals surface area contributed by atoms with Crippen molar-refractivity contribution >= 4 is 17.3 Å².